The molecule has 0 heterocycles. The Hall–Kier alpha value is -13.9. The first-order chi connectivity index (χ1) is 69.3. The number of alkyl carbamates (subject to hydrolysis) is 2. The molecule has 7 unspecified atom stereocenters. The number of esters is 5. The quantitative estimate of drug-likeness (QED) is 0.00944. The molecule has 0 radical (unpaired) electrons. The first-order valence-electron chi connectivity index (χ1n) is 47.9. The molecule has 0 aliphatic heterocycles. The molecule has 0 aliphatic carbocycles. The van der Waals surface area contributed by atoms with Crippen LogP contribution in [0.5, 0.6) is 0 Å². The van der Waals surface area contributed by atoms with Crippen molar-refractivity contribution in [3.63, 3.8) is 0 Å². The SMILES string of the molecule is CC(C)(C)OC(=O)CC(CCCCNC(=O)CCCC(CO[N+](=O)[O-])O[N+](=O)[O-])OC=O.CC(C)(C)OC(=O)CC(CCCCNC(=O)CCCCCO[N+](=O)[O-])OC=O.CC(C)(C)OC(=O)CC(CCCCNC(=O)CCCO[N+](=O)[O-])OC=O.CC(C)(C)OC(=O)CC(CCCCNC(=O)OCCCCC(CO[N+](=O)[O-])O[N+](=O)[O-])OC=O.CC(C)(C)OC(=O)CC(CCCCNC(=O)OCCCCO[N+](=O)[O-])OC=O. The highest BCUT2D eigenvalue weighted by Crippen LogP contribution is 2.21. The standard InChI is InChI=1S/C19H33N3O12.C18H31N3O11.C18H32N2O8.C17H30N2O9.C16H28N2O8/c1-19(2,3)33-17(24)12-15(31-14-23)8-4-6-10-20-18(25)30-11-7-5-9-16(34-22(28)29)13-32-21(26)27;1-18(2,3)31-17(24)11-14(29-13-22)7-4-5-10-19-16(23)9-6-8-15(32-21(27)28)12-30-20(25)26;1-18(2,3)28-17(23)13-15(26-14-21)9-6-7-11-19-16(22)10-5-4-8-12-27-20(24)25;1-17(2,3)28-15(21)12-14(26-13-20)8-4-5-9-18-16(22)25-10-6-7-11-27-19(23)24;1-16(2,3)26-15(21)11-13(24-12-19)7-4-5-9-17-14(20)8-6-10-25-18(22)23/h14-16H,4-13H2,1-3H3,(H,20,25);13-15H,4-12H2,1-3H3,(H,19,23);14-15H,4-13H2,1-3H3,(H,19,22);13-14H,4-12H2,1-3H3,(H,18,22);12-13H,4-11H2,1-3H3,(H,17,20). The maximum atomic E-state index is 11.9. The minimum Gasteiger partial charge on any atom is -0.464 e. The first-order valence-corrected chi connectivity index (χ1v) is 47.9. The van der Waals surface area contributed by atoms with Crippen molar-refractivity contribution >= 4 is 92.1 Å². The van der Waals surface area contributed by atoms with Crippen LogP contribution in [0.2, 0.25) is 0 Å². The summed E-state index contributed by atoms with van der Waals surface area (Å²) in [6.07, 6.45) is 6.50. The van der Waals surface area contributed by atoms with Crippen molar-refractivity contribution in [3.05, 3.63) is 70.8 Å². The van der Waals surface area contributed by atoms with Crippen LogP contribution in [0.1, 0.15) is 322 Å². The molecule has 0 fully saturated rings. The molecule has 0 saturated heterocycles. The molecule has 0 aromatic carbocycles. The van der Waals surface area contributed by atoms with Gasteiger partial charge in [-0.25, -0.2) is 9.59 Å². The summed E-state index contributed by atoms with van der Waals surface area (Å²) < 4.78 is 60.5. The molecule has 5 amide bonds. The molecule has 60 heteroatoms. The zero-order valence-electron chi connectivity index (χ0n) is 87.2. The highest BCUT2D eigenvalue weighted by atomic mass is 17.0. The van der Waals surface area contributed by atoms with Gasteiger partial charge in [0.2, 0.25) is 17.7 Å². The predicted octanol–water partition coefficient (Wildman–Crippen LogP) is 9.61. The Morgan fingerprint density at radius 1 is 0.243 bits per heavy atom. The summed E-state index contributed by atoms with van der Waals surface area (Å²) in [5.74, 6) is -2.83. The van der Waals surface area contributed by atoms with Gasteiger partial charge >= 0.3 is 42.0 Å². The van der Waals surface area contributed by atoms with Crippen LogP contribution in [0.15, 0.2) is 0 Å². The van der Waals surface area contributed by atoms with E-state index in [0.29, 0.717) is 200 Å². The van der Waals surface area contributed by atoms with Gasteiger partial charge in [-0.05, 0) is 264 Å². The number of carbonyl (C=O) groups excluding carboxylic acids is 15. The van der Waals surface area contributed by atoms with Gasteiger partial charge < -0.3 is 117 Å². The van der Waals surface area contributed by atoms with E-state index < -0.39 is 162 Å². The van der Waals surface area contributed by atoms with Crippen LogP contribution in [0.25, 0.3) is 0 Å². The largest absolute Gasteiger partial charge is 0.464 e. The van der Waals surface area contributed by atoms with Gasteiger partial charge in [0.15, 0.2) is 0 Å². The van der Waals surface area contributed by atoms with Crippen molar-refractivity contribution in [3.8, 4) is 0 Å². The molecule has 0 bridgehead atoms. The number of ether oxygens (including phenoxy) is 12. The lowest BCUT2D eigenvalue weighted by molar-refractivity contribution is -0.790. The van der Waals surface area contributed by atoms with E-state index in [1.54, 1.807) is 104 Å². The molecular formula is C88H154N12O48. The van der Waals surface area contributed by atoms with E-state index in [-0.39, 0.29) is 134 Å². The van der Waals surface area contributed by atoms with E-state index >= 15 is 0 Å². The summed E-state index contributed by atoms with van der Waals surface area (Å²) in [5.41, 5.74) is -3.07. The van der Waals surface area contributed by atoms with Crippen molar-refractivity contribution in [1.29, 1.82) is 0 Å². The maximum absolute atomic E-state index is 11.9. The minimum atomic E-state index is -1.15. The smallest absolute Gasteiger partial charge is 0.407 e. The lowest BCUT2D eigenvalue weighted by Gasteiger charge is -2.21. The number of rotatable bonds is 82. The van der Waals surface area contributed by atoms with E-state index in [4.69, 9.17) is 56.8 Å². The van der Waals surface area contributed by atoms with Gasteiger partial charge in [-0.1, -0.05) is 6.42 Å². The van der Waals surface area contributed by atoms with Gasteiger partial charge in [-0.2, -0.15) is 0 Å². The predicted molar refractivity (Wildman–Crippen MR) is 507 cm³/mol. The number of hydrogen-bond acceptors (Lipinski definition) is 48. The Labute approximate surface area is 856 Å². The summed E-state index contributed by atoms with van der Waals surface area (Å²) in [5, 5.41) is 77.4. The third kappa shape index (κ3) is 111. The molecule has 5 N–H and O–H groups in total. The molecule has 0 saturated carbocycles. The van der Waals surface area contributed by atoms with E-state index in [0.717, 1.165) is 0 Å². The van der Waals surface area contributed by atoms with Gasteiger partial charge in [0.1, 0.15) is 83.9 Å². The molecule has 0 spiro atoms. The summed E-state index contributed by atoms with van der Waals surface area (Å²) >= 11 is 0. The second kappa shape index (κ2) is 87.3. The fourth-order valence-corrected chi connectivity index (χ4v) is 11.8. The number of nitrogens with zero attached hydrogens (tertiary/aromatic N) is 7. The van der Waals surface area contributed by atoms with Crippen LogP contribution in [-0.4, -0.2) is 277 Å². The van der Waals surface area contributed by atoms with E-state index in [9.17, 15) is 143 Å². The average molecular weight is 2150 g/mol. The molecule has 0 rings (SSSR count). The molecule has 7 atom stereocenters. The van der Waals surface area contributed by atoms with E-state index in [1.165, 1.54) is 0 Å². The fourth-order valence-electron chi connectivity index (χ4n) is 11.8. The summed E-state index contributed by atoms with van der Waals surface area (Å²) in [6.45, 7) is 28.6. The lowest BCUT2D eigenvalue weighted by Crippen LogP contribution is -2.28. The zero-order valence-corrected chi connectivity index (χ0v) is 87.2. The molecule has 148 heavy (non-hydrogen) atoms. The van der Waals surface area contributed by atoms with Gasteiger partial charge in [0.05, 0.1) is 65.1 Å². The van der Waals surface area contributed by atoms with Crippen LogP contribution in [0.4, 0.5) is 9.59 Å². The molecular weight excluding hydrogens is 1990 g/mol. The van der Waals surface area contributed by atoms with Crippen LogP contribution in [0, 0.1) is 70.8 Å². The third-order valence-corrected chi connectivity index (χ3v) is 17.8. The summed E-state index contributed by atoms with van der Waals surface area (Å²) in [4.78, 5) is 270. The monoisotopic (exact) mass is 2150 g/mol. The Morgan fingerprint density at radius 2 is 0.453 bits per heavy atom. The van der Waals surface area contributed by atoms with E-state index in [2.05, 4.69) is 60.4 Å². The molecule has 0 aromatic heterocycles. The van der Waals surface area contributed by atoms with Gasteiger partial charge in [-0.3, -0.25) is 62.3 Å². The maximum Gasteiger partial charge on any atom is 0.407 e. The number of nitrogens with one attached hydrogen (secondary N) is 5. The lowest BCUT2D eigenvalue weighted by atomic mass is 10.1. The summed E-state index contributed by atoms with van der Waals surface area (Å²) in [6, 6.07) is 0. The second-order valence-electron chi connectivity index (χ2n) is 37.0. The van der Waals surface area contributed by atoms with Crippen LogP contribution < -0.4 is 26.6 Å². The Balaban J connectivity index is -0.000000578. The second-order valence-corrected chi connectivity index (χ2v) is 37.0. The normalized spacial score (nSPS) is 12.2. The third-order valence-electron chi connectivity index (χ3n) is 17.8. The zero-order chi connectivity index (χ0) is 113. The molecule has 854 valence electrons. The van der Waals surface area contributed by atoms with Crippen LogP contribution in [0.3, 0.4) is 0 Å². The van der Waals surface area contributed by atoms with Gasteiger partial charge in [-0.15, -0.1) is 70.8 Å². The molecule has 0 aromatic rings. The van der Waals surface area contributed by atoms with Crippen molar-refractivity contribution in [1.82, 2.24) is 26.6 Å². The van der Waals surface area contributed by atoms with Crippen molar-refractivity contribution in [2.24, 2.45) is 0 Å². The van der Waals surface area contributed by atoms with Crippen LogP contribution >= 0.6 is 0 Å². The fraction of sp³-hybridized carbons (Fsp3) is 0.830. The number of hydrogen-bond donors (Lipinski definition) is 5. The van der Waals surface area contributed by atoms with Crippen molar-refractivity contribution in [2.45, 2.75) is 393 Å². The summed E-state index contributed by atoms with van der Waals surface area (Å²) in [7, 11) is 0. The average Bonchev–Trinajstić information content (AvgIpc) is 0.930. The van der Waals surface area contributed by atoms with Gasteiger partial charge in [0.25, 0.3) is 68.0 Å². The van der Waals surface area contributed by atoms with E-state index in [1.807, 2.05) is 0 Å². The number of amides is 5. The van der Waals surface area contributed by atoms with Gasteiger partial charge in [0, 0.05) is 52.0 Å². The minimum absolute atomic E-state index is 0.00251. The van der Waals surface area contributed by atoms with Crippen molar-refractivity contribution in [2.75, 3.05) is 79.0 Å². The first kappa shape index (κ1) is 142. The number of unbranched alkanes of at least 4 members (excludes halogenated alkanes) is 9. The molecule has 60 nitrogen and oxygen atoms in total. The van der Waals surface area contributed by atoms with Crippen LogP contribution in [-0.2, 0) is 153 Å². The molecule has 0 aliphatic rings. The topological polar surface area (TPSA) is 794 Å². The highest BCUT2D eigenvalue weighted by molar-refractivity contribution is 5.77. The Bertz CT molecular complexity index is 3730. The Kier molecular flexibility index (Phi) is 84.0. The van der Waals surface area contributed by atoms with Crippen molar-refractivity contribution < 1.29 is 198 Å². The highest BCUT2D eigenvalue weighted by Gasteiger charge is 2.29. The Morgan fingerprint density at radius 3 is 0.703 bits per heavy atom. The number of carbonyl (C=O) groups is 15.